The third-order valence-electron chi connectivity index (χ3n) is 3.58. The number of hydrogen-bond donors (Lipinski definition) is 1. The van der Waals surface area contributed by atoms with E-state index < -0.39 is 5.97 Å². The molecule has 1 N–H and O–H groups in total. The molecular formula is C14H24N2O4. The van der Waals surface area contributed by atoms with Crippen molar-refractivity contribution in [2.45, 2.75) is 51.5 Å². The van der Waals surface area contributed by atoms with E-state index in [1.807, 2.05) is 6.92 Å². The van der Waals surface area contributed by atoms with Gasteiger partial charge in [0.15, 0.2) is 0 Å². The lowest BCUT2D eigenvalue weighted by Crippen LogP contribution is -2.46. The number of carbonyl (C=O) groups is 3. The molecule has 0 aromatic rings. The highest BCUT2D eigenvalue weighted by Crippen LogP contribution is 2.20. The highest BCUT2D eigenvalue weighted by Gasteiger charge is 2.34. The minimum Gasteiger partial charge on any atom is -0.481 e. The summed E-state index contributed by atoms with van der Waals surface area (Å²) in [6.45, 7) is 3.01. The van der Waals surface area contributed by atoms with Gasteiger partial charge in [-0.3, -0.25) is 14.4 Å². The Kier molecular flexibility index (Phi) is 6.48. The molecule has 0 bridgehead atoms. The predicted molar refractivity (Wildman–Crippen MR) is 74.1 cm³/mol. The minimum atomic E-state index is -0.855. The summed E-state index contributed by atoms with van der Waals surface area (Å²) in [7, 11) is 1.67. The van der Waals surface area contributed by atoms with Crippen molar-refractivity contribution in [3.05, 3.63) is 0 Å². The van der Waals surface area contributed by atoms with Crippen molar-refractivity contribution in [3.63, 3.8) is 0 Å². The van der Waals surface area contributed by atoms with Crippen LogP contribution in [0.15, 0.2) is 0 Å². The van der Waals surface area contributed by atoms with Crippen LogP contribution < -0.4 is 0 Å². The van der Waals surface area contributed by atoms with Crippen LogP contribution in [0.3, 0.4) is 0 Å². The van der Waals surface area contributed by atoms with Gasteiger partial charge in [0.2, 0.25) is 11.8 Å². The normalized spacial score (nSPS) is 18.1. The highest BCUT2D eigenvalue weighted by molar-refractivity contribution is 5.88. The molecule has 6 nitrogen and oxygen atoms in total. The average molecular weight is 284 g/mol. The number of amides is 2. The monoisotopic (exact) mass is 284 g/mol. The smallest absolute Gasteiger partial charge is 0.303 e. The van der Waals surface area contributed by atoms with Crippen LogP contribution in [0.2, 0.25) is 0 Å². The predicted octanol–water partition coefficient (Wildman–Crippen LogP) is 1.10. The molecule has 6 heteroatoms. The molecule has 0 radical (unpaired) electrons. The van der Waals surface area contributed by atoms with Gasteiger partial charge in [-0.25, -0.2) is 0 Å². The maximum Gasteiger partial charge on any atom is 0.303 e. The maximum absolute atomic E-state index is 12.3. The van der Waals surface area contributed by atoms with Crippen LogP contribution in [0, 0.1) is 0 Å². The number of carboxylic acid groups (broad SMARTS) is 1. The Morgan fingerprint density at radius 1 is 1.30 bits per heavy atom. The molecule has 1 rings (SSSR count). The number of likely N-dealkylation sites (N-methyl/N-ethyl adjacent to an activating group) is 1. The molecule has 0 aromatic heterocycles. The van der Waals surface area contributed by atoms with E-state index in [1.54, 1.807) is 16.8 Å². The quantitative estimate of drug-likeness (QED) is 0.759. The molecule has 1 saturated heterocycles. The average Bonchev–Trinajstić information content (AvgIpc) is 2.86. The van der Waals surface area contributed by atoms with Crippen LogP contribution in [0.25, 0.3) is 0 Å². The van der Waals surface area contributed by atoms with E-state index in [9.17, 15) is 14.4 Å². The van der Waals surface area contributed by atoms with Crippen LogP contribution >= 0.6 is 0 Å². The standard InChI is InChI=1S/C14H24N2O4/c1-3-6-12(17)16-10-4-7-11(16)14(20)15(2)9-5-8-13(18)19/h11H,3-10H2,1-2H3,(H,18,19). The van der Waals surface area contributed by atoms with Gasteiger partial charge in [0.1, 0.15) is 6.04 Å². The van der Waals surface area contributed by atoms with Crippen molar-refractivity contribution in [2.24, 2.45) is 0 Å². The number of aliphatic carboxylic acids is 1. The highest BCUT2D eigenvalue weighted by atomic mass is 16.4. The first kappa shape index (κ1) is 16.5. The zero-order valence-electron chi connectivity index (χ0n) is 12.3. The Bertz CT molecular complexity index is 370. The molecular weight excluding hydrogens is 260 g/mol. The topological polar surface area (TPSA) is 77.9 Å². The van der Waals surface area contributed by atoms with Crippen LogP contribution in [-0.2, 0) is 14.4 Å². The molecule has 0 aliphatic carbocycles. The van der Waals surface area contributed by atoms with Gasteiger partial charge in [0.05, 0.1) is 0 Å². The first-order valence-corrected chi connectivity index (χ1v) is 7.23. The molecule has 0 spiro atoms. The summed E-state index contributed by atoms with van der Waals surface area (Å²) in [5, 5.41) is 8.59. The summed E-state index contributed by atoms with van der Waals surface area (Å²) >= 11 is 0. The molecule has 2 amide bonds. The van der Waals surface area contributed by atoms with Gasteiger partial charge in [-0.15, -0.1) is 0 Å². The Morgan fingerprint density at radius 2 is 2.00 bits per heavy atom. The summed E-state index contributed by atoms with van der Waals surface area (Å²) < 4.78 is 0. The fourth-order valence-electron chi connectivity index (χ4n) is 2.51. The molecule has 1 unspecified atom stereocenters. The van der Waals surface area contributed by atoms with Gasteiger partial charge in [0, 0.05) is 33.0 Å². The van der Waals surface area contributed by atoms with E-state index in [-0.39, 0.29) is 24.3 Å². The van der Waals surface area contributed by atoms with Crippen molar-refractivity contribution in [1.29, 1.82) is 0 Å². The zero-order valence-corrected chi connectivity index (χ0v) is 12.3. The minimum absolute atomic E-state index is 0.0438. The van der Waals surface area contributed by atoms with E-state index in [2.05, 4.69) is 0 Å². The van der Waals surface area contributed by atoms with Crippen molar-refractivity contribution in [1.82, 2.24) is 9.80 Å². The second kappa shape index (κ2) is 7.87. The summed E-state index contributed by atoms with van der Waals surface area (Å²) in [6.07, 6.45) is 3.32. The number of likely N-dealkylation sites (tertiary alicyclic amines) is 1. The first-order chi connectivity index (χ1) is 9.47. The summed E-state index contributed by atoms with van der Waals surface area (Å²) in [4.78, 5) is 38.0. The van der Waals surface area contributed by atoms with E-state index in [0.717, 1.165) is 12.8 Å². The Morgan fingerprint density at radius 3 is 2.60 bits per heavy atom. The van der Waals surface area contributed by atoms with Crippen molar-refractivity contribution < 1.29 is 19.5 Å². The van der Waals surface area contributed by atoms with Crippen LogP contribution in [0.5, 0.6) is 0 Å². The molecule has 1 heterocycles. The lowest BCUT2D eigenvalue weighted by Gasteiger charge is -2.28. The number of carboxylic acids is 1. The van der Waals surface area contributed by atoms with Crippen molar-refractivity contribution in [3.8, 4) is 0 Å². The van der Waals surface area contributed by atoms with Crippen LogP contribution in [0.1, 0.15) is 45.4 Å². The molecule has 20 heavy (non-hydrogen) atoms. The maximum atomic E-state index is 12.3. The molecule has 1 aliphatic heterocycles. The first-order valence-electron chi connectivity index (χ1n) is 7.23. The lowest BCUT2D eigenvalue weighted by atomic mass is 10.1. The third-order valence-corrected chi connectivity index (χ3v) is 3.58. The largest absolute Gasteiger partial charge is 0.481 e. The lowest BCUT2D eigenvalue weighted by molar-refractivity contribution is -0.143. The van der Waals surface area contributed by atoms with Crippen LogP contribution in [-0.4, -0.2) is 58.9 Å². The third kappa shape index (κ3) is 4.51. The second-order valence-electron chi connectivity index (χ2n) is 5.25. The molecule has 1 aliphatic rings. The van der Waals surface area contributed by atoms with E-state index in [1.165, 1.54) is 0 Å². The van der Waals surface area contributed by atoms with E-state index in [4.69, 9.17) is 5.11 Å². The van der Waals surface area contributed by atoms with Gasteiger partial charge >= 0.3 is 5.97 Å². The SMILES string of the molecule is CCCC(=O)N1CCCC1C(=O)N(C)CCCC(=O)O. The molecule has 1 atom stereocenters. The van der Waals surface area contributed by atoms with Crippen molar-refractivity contribution in [2.75, 3.05) is 20.1 Å². The van der Waals surface area contributed by atoms with Crippen molar-refractivity contribution >= 4 is 17.8 Å². The Hall–Kier alpha value is -1.59. The number of rotatable bonds is 7. The number of carbonyl (C=O) groups excluding carboxylic acids is 2. The van der Waals surface area contributed by atoms with E-state index in [0.29, 0.717) is 32.4 Å². The zero-order chi connectivity index (χ0) is 15.1. The van der Waals surface area contributed by atoms with Gasteiger partial charge in [-0.2, -0.15) is 0 Å². The van der Waals surface area contributed by atoms with Gasteiger partial charge < -0.3 is 14.9 Å². The van der Waals surface area contributed by atoms with Crippen LogP contribution in [0.4, 0.5) is 0 Å². The molecule has 114 valence electrons. The van der Waals surface area contributed by atoms with Gasteiger partial charge in [-0.1, -0.05) is 6.92 Å². The number of nitrogens with zero attached hydrogens (tertiary/aromatic N) is 2. The second-order valence-corrected chi connectivity index (χ2v) is 5.25. The number of hydrogen-bond acceptors (Lipinski definition) is 3. The fourth-order valence-corrected chi connectivity index (χ4v) is 2.51. The van der Waals surface area contributed by atoms with E-state index >= 15 is 0 Å². The van der Waals surface area contributed by atoms with Gasteiger partial charge in [0.25, 0.3) is 0 Å². The molecule has 0 saturated carbocycles. The Labute approximate surface area is 119 Å². The summed E-state index contributed by atoms with van der Waals surface area (Å²) in [5.74, 6) is -0.883. The summed E-state index contributed by atoms with van der Waals surface area (Å²) in [5.41, 5.74) is 0. The Balaban J connectivity index is 2.51. The van der Waals surface area contributed by atoms with Gasteiger partial charge in [-0.05, 0) is 25.7 Å². The fraction of sp³-hybridized carbons (Fsp3) is 0.786. The summed E-state index contributed by atoms with van der Waals surface area (Å²) in [6, 6.07) is -0.358. The molecule has 1 fully saturated rings. The molecule has 0 aromatic carbocycles.